The molecule has 4 N–H and O–H groups in total. The highest BCUT2D eigenvalue weighted by molar-refractivity contribution is 5.97. The average molecular weight is 492 g/mol. The van der Waals surface area contributed by atoms with Crippen molar-refractivity contribution in [2.75, 3.05) is 19.5 Å². The number of nitrogens with one attached hydrogen (secondary N) is 3. The first-order valence-electron chi connectivity index (χ1n) is 11.9. The Hall–Kier alpha value is -3.69. The van der Waals surface area contributed by atoms with Crippen LogP contribution in [0.25, 0.3) is 5.69 Å². The summed E-state index contributed by atoms with van der Waals surface area (Å²) in [6.07, 6.45) is -0.284. The number of carbonyl (C=O) groups excluding carboxylic acids is 2. The molecular formula is C27H33N5O4. The third-order valence-electron chi connectivity index (χ3n) is 6.68. The molecule has 1 aromatic heterocycles. The number of hydrogen-bond donors (Lipinski definition) is 4. The van der Waals surface area contributed by atoms with Gasteiger partial charge in [0, 0.05) is 19.7 Å². The Bertz CT molecular complexity index is 1270. The Morgan fingerprint density at radius 1 is 1.19 bits per heavy atom. The monoisotopic (exact) mass is 491 g/mol. The van der Waals surface area contributed by atoms with Crippen molar-refractivity contribution >= 4 is 17.8 Å². The highest BCUT2D eigenvalue weighted by atomic mass is 16.5. The van der Waals surface area contributed by atoms with Gasteiger partial charge in [-0.1, -0.05) is 50.2 Å². The SMILES string of the molecule is CNC(=O)c1nn(-c2ccccc2)c(NC(=O)N[C@H]2c3cc(COC)ccc3C(C)(C)C[C@@H]2O)c1C. The normalized spacial score (nSPS) is 18.3. The number of para-hydroxylation sites is 1. The molecule has 9 heteroatoms. The molecule has 1 aliphatic rings. The molecule has 3 amide bonds. The fourth-order valence-corrected chi connectivity index (χ4v) is 4.89. The van der Waals surface area contributed by atoms with Gasteiger partial charge in [0.2, 0.25) is 0 Å². The Balaban J connectivity index is 1.67. The van der Waals surface area contributed by atoms with Crippen molar-refractivity contribution in [3.8, 4) is 5.69 Å². The maximum absolute atomic E-state index is 13.3. The Kier molecular flexibility index (Phi) is 7.14. The van der Waals surface area contributed by atoms with Crippen LogP contribution in [0.15, 0.2) is 48.5 Å². The minimum atomic E-state index is -0.780. The minimum absolute atomic E-state index is 0.214. The molecule has 0 saturated heterocycles. The summed E-state index contributed by atoms with van der Waals surface area (Å²) in [6, 6.07) is 14.2. The van der Waals surface area contributed by atoms with E-state index in [-0.39, 0.29) is 17.0 Å². The third-order valence-corrected chi connectivity index (χ3v) is 6.68. The molecule has 190 valence electrons. The second-order valence-electron chi connectivity index (χ2n) is 9.73. The summed E-state index contributed by atoms with van der Waals surface area (Å²) >= 11 is 0. The number of aromatic nitrogens is 2. The quantitative estimate of drug-likeness (QED) is 0.420. The molecule has 0 fully saturated rings. The summed E-state index contributed by atoms with van der Waals surface area (Å²) in [5.74, 6) is 0.0199. The van der Waals surface area contributed by atoms with Crippen LogP contribution >= 0.6 is 0 Å². The van der Waals surface area contributed by atoms with E-state index in [4.69, 9.17) is 4.74 Å². The van der Waals surface area contributed by atoms with Crippen LogP contribution in [0.3, 0.4) is 0 Å². The lowest BCUT2D eigenvalue weighted by Crippen LogP contribution is -2.45. The molecule has 1 aliphatic carbocycles. The van der Waals surface area contributed by atoms with Crippen molar-refractivity contribution < 1.29 is 19.4 Å². The molecule has 0 radical (unpaired) electrons. The smallest absolute Gasteiger partial charge is 0.320 e. The lowest BCUT2D eigenvalue weighted by atomic mass is 9.69. The molecular weight excluding hydrogens is 458 g/mol. The number of aliphatic hydroxyl groups excluding tert-OH is 1. The van der Waals surface area contributed by atoms with Gasteiger partial charge in [0.25, 0.3) is 5.91 Å². The predicted octanol–water partition coefficient (Wildman–Crippen LogP) is 3.59. The van der Waals surface area contributed by atoms with Crippen molar-refractivity contribution in [3.63, 3.8) is 0 Å². The van der Waals surface area contributed by atoms with Gasteiger partial charge in [0.15, 0.2) is 5.69 Å². The van der Waals surface area contributed by atoms with Crippen molar-refractivity contribution in [3.05, 3.63) is 76.5 Å². The number of nitrogens with zero attached hydrogens (tertiary/aromatic N) is 2. The van der Waals surface area contributed by atoms with Gasteiger partial charge >= 0.3 is 6.03 Å². The van der Waals surface area contributed by atoms with Gasteiger partial charge in [0.1, 0.15) is 5.82 Å². The van der Waals surface area contributed by atoms with Gasteiger partial charge in [-0.15, -0.1) is 0 Å². The van der Waals surface area contributed by atoms with Crippen LogP contribution in [-0.4, -0.2) is 47.1 Å². The van der Waals surface area contributed by atoms with Crippen LogP contribution in [0.1, 0.15) is 59.1 Å². The number of methoxy groups -OCH3 is 1. The zero-order chi connectivity index (χ0) is 26.0. The standard InChI is InChI=1S/C27H33N5O4/c1-16-22(25(34)28-4)31-32(18-9-7-6-8-10-18)24(16)30-26(35)29-23-19-13-17(15-36-5)11-12-20(19)27(2,3)14-21(23)33/h6-13,21,23,33H,14-15H2,1-5H3,(H,28,34)(H2,29,30,35)/t21-,23-/m0/s1. The van der Waals surface area contributed by atoms with Crippen molar-refractivity contribution in [1.29, 1.82) is 0 Å². The molecule has 0 bridgehead atoms. The van der Waals surface area contributed by atoms with Crippen LogP contribution in [0, 0.1) is 6.92 Å². The number of carbonyl (C=O) groups is 2. The first-order valence-corrected chi connectivity index (χ1v) is 11.9. The first-order chi connectivity index (χ1) is 17.2. The highest BCUT2D eigenvalue weighted by Gasteiger charge is 2.39. The summed E-state index contributed by atoms with van der Waals surface area (Å²) in [5, 5.41) is 23.9. The summed E-state index contributed by atoms with van der Waals surface area (Å²) in [6.45, 7) is 6.34. The van der Waals surface area contributed by atoms with E-state index >= 15 is 0 Å². The molecule has 0 unspecified atom stereocenters. The first kappa shape index (κ1) is 25.4. The topological polar surface area (TPSA) is 118 Å². The van der Waals surface area contributed by atoms with Gasteiger partial charge in [-0.3, -0.25) is 10.1 Å². The fraction of sp³-hybridized carbons (Fsp3) is 0.370. The van der Waals surface area contributed by atoms with Gasteiger partial charge in [-0.2, -0.15) is 5.10 Å². The highest BCUT2D eigenvalue weighted by Crippen LogP contribution is 2.42. The van der Waals surface area contributed by atoms with Gasteiger partial charge in [-0.25, -0.2) is 9.48 Å². The van der Waals surface area contributed by atoms with Gasteiger partial charge in [0.05, 0.1) is 24.4 Å². The Morgan fingerprint density at radius 3 is 2.58 bits per heavy atom. The second-order valence-corrected chi connectivity index (χ2v) is 9.73. The zero-order valence-corrected chi connectivity index (χ0v) is 21.3. The maximum atomic E-state index is 13.3. The van der Waals surface area contributed by atoms with Crippen molar-refractivity contribution in [2.24, 2.45) is 0 Å². The van der Waals surface area contributed by atoms with E-state index in [0.29, 0.717) is 30.1 Å². The number of benzene rings is 2. The molecule has 2 aromatic carbocycles. The van der Waals surface area contributed by atoms with Crippen LogP contribution < -0.4 is 16.0 Å². The largest absolute Gasteiger partial charge is 0.391 e. The Labute approximate surface area is 210 Å². The van der Waals surface area contributed by atoms with Crippen LogP contribution in [0.4, 0.5) is 10.6 Å². The van der Waals surface area contributed by atoms with Crippen LogP contribution in [0.5, 0.6) is 0 Å². The number of ether oxygens (including phenoxy) is 1. The van der Waals surface area contributed by atoms with E-state index in [9.17, 15) is 14.7 Å². The summed E-state index contributed by atoms with van der Waals surface area (Å²) in [4.78, 5) is 25.7. The summed E-state index contributed by atoms with van der Waals surface area (Å²) in [7, 11) is 3.16. The van der Waals surface area contributed by atoms with Crippen LogP contribution in [-0.2, 0) is 16.8 Å². The number of fused-ring (bicyclic) bond motifs is 1. The van der Waals surface area contributed by atoms with E-state index < -0.39 is 18.2 Å². The van der Waals surface area contributed by atoms with Crippen molar-refractivity contribution in [1.82, 2.24) is 20.4 Å². The summed E-state index contributed by atoms with van der Waals surface area (Å²) in [5.41, 5.74) is 4.09. The Morgan fingerprint density at radius 2 is 1.92 bits per heavy atom. The number of aliphatic hydroxyl groups is 1. The molecule has 3 aromatic rings. The lowest BCUT2D eigenvalue weighted by Gasteiger charge is -2.41. The van der Waals surface area contributed by atoms with Gasteiger partial charge < -0.3 is 20.5 Å². The molecule has 0 aliphatic heterocycles. The van der Waals surface area contributed by atoms with Crippen LogP contribution in [0.2, 0.25) is 0 Å². The van der Waals surface area contributed by atoms with E-state index in [1.807, 2.05) is 48.5 Å². The molecule has 2 atom stereocenters. The second kappa shape index (κ2) is 10.1. The molecule has 1 heterocycles. The fourth-order valence-electron chi connectivity index (χ4n) is 4.89. The van der Waals surface area contributed by atoms with E-state index in [0.717, 1.165) is 16.7 Å². The number of rotatable bonds is 6. The number of urea groups is 1. The molecule has 9 nitrogen and oxygen atoms in total. The van der Waals surface area contributed by atoms with Crippen molar-refractivity contribution in [2.45, 2.75) is 51.4 Å². The number of hydrogen-bond acceptors (Lipinski definition) is 5. The molecule has 0 spiro atoms. The maximum Gasteiger partial charge on any atom is 0.320 e. The molecule has 4 rings (SSSR count). The molecule has 0 saturated carbocycles. The van der Waals surface area contributed by atoms with Gasteiger partial charge in [-0.05, 0) is 47.6 Å². The molecule has 36 heavy (non-hydrogen) atoms. The summed E-state index contributed by atoms with van der Waals surface area (Å²) < 4.78 is 6.82. The van der Waals surface area contributed by atoms with E-state index in [1.54, 1.807) is 14.0 Å². The minimum Gasteiger partial charge on any atom is -0.391 e. The van der Waals surface area contributed by atoms with E-state index in [2.05, 4.69) is 34.9 Å². The number of amides is 3. The average Bonchev–Trinajstić information content (AvgIpc) is 3.17. The zero-order valence-electron chi connectivity index (χ0n) is 21.3. The van der Waals surface area contributed by atoms with E-state index in [1.165, 1.54) is 11.7 Å². The third kappa shape index (κ3) is 4.84. The number of anilines is 1. The lowest BCUT2D eigenvalue weighted by molar-refractivity contribution is 0.0880. The predicted molar refractivity (Wildman–Crippen MR) is 137 cm³/mol.